The molecule has 9 heteroatoms. The fourth-order valence-electron chi connectivity index (χ4n) is 3.06. The molecule has 1 aromatic rings. The fraction of sp³-hybridized carbons (Fsp3) is 0.692. The maximum atomic E-state index is 12.8. The number of rotatable bonds is 2. The number of sulfonamides is 1. The summed E-state index contributed by atoms with van der Waals surface area (Å²) in [6.07, 6.45) is 2.53. The number of hydrogen-bond acceptors (Lipinski definition) is 5. The summed E-state index contributed by atoms with van der Waals surface area (Å²) in [6, 6.07) is -0.114. The molecule has 2 saturated heterocycles. The highest BCUT2D eigenvalue weighted by Gasteiger charge is 2.36. The summed E-state index contributed by atoms with van der Waals surface area (Å²) in [5.41, 5.74) is 0.494. The lowest BCUT2D eigenvalue weighted by molar-refractivity contribution is -0.136. The molecule has 3 rings (SSSR count). The average Bonchev–Trinajstić information content (AvgIpc) is 2.68. The lowest BCUT2D eigenvalue weighted by Gasteiger charge is -2.30. The van der Waals surface area contributed by atoms with Crippen molar-refractivity contribution < 1.29 is 17.9 Å². The van der Waals surface area contributed by atoms with Crippen LogP contribution in [0.4, 0.5) is 0 Å². The third-order valence-electron chi connectivity index (χ3n) is 4.16. The maximum Gasteiger partial charge on any atom is 0.246 e. The molecule has 0 radical (unpaired) electrons. The molecule has 1 aromatic heterocycles. The Morgan fingerprint density at radius 3 is 2.77 bits per heavy atom. The fourth-order valence-corrected chi connectivity index (χ4v) is 4.73. The lowest BCUT2D eigenvalue weighted by Crippen LogP contribution is -2.51. The predicted octanol–water partition coefficient (Wildman–Crippen LogP) is -0.603. The molecular formula is C13H20N4O4S. The van der Waals surface area contributed by atoms with Gasteiger partial charge in [-0.15, -0.1) is 0 Å². The van der Waals surface area contributed by atoms with E-state index in [0.717, 1.165) is 0 Å². The Labute approximate surface area is 129 Å². The van der Waals surface area contributed by atoms with Crippen LogP contribution in [-0.2, 0) is 26.6 Å². The van der Waals surface area contributed by atoms with Crippen LogP contribution in [0.2, 0.25) is 0 Å². The van der Waals surface area contributed by atoms with E-state index in [1.54, 1.807) is 14.0 Å². The summed E-state index contributed by atoms with van der Waals surface area (Å²) in [4.78, 5) is 11.6. The Morgan fingerprint density at radius 1 is 1.36 bits per heavy atom. The molecule has 1 amide bonds. The molecule has 3 heterocycles. The number of carbonyl (C=O) groups is 1. The number of morpholine rings is 1. The van der Waals surface area contributed by atoms with E-state index in [-0.39, 0.29) is 29.6 Å². The van der Waals surface area contributed by atoms with Crippen LogP contribution in [0, 0.1) is 6.92 Å². The zero-order valence-electron chi connectivity index (χ0n) is 12.7. The number of amides is 1. The molecular weight excluding hydrogens is 308 g/mol. The van der Waals surface area contributed by atoms with Crippen LogP contribution in [0.3, 0.4) is 0 Å². The van der Waals surface area contributed by atoms with Gasteiger partial charge in [0.25, 0.3) is 0 Å². The molecule has 0 bridgehead atoms. The monoisotopic (exact) mass is 328 g/mol. The first kappa shape index (κ1) is 15.4. The summed E-state index contributed by atoms with van der Waals surface area (Å²) in [6.45, 7) is 2.48. The quantitative estimate of drug-likeness (QED) is 0.782. The van der Waals surface area contributed by atoms with E-state index in [0.29, 0.717) is 31.6 Å². The second-order valence-electron chi connectivity index (χ2n) is 5.76. The van der Waals surface area contributed by atoms with Gasteiger partial charge < -0.3 is 10.1 Å². The Hall–Kier alpha value is -1.45. The van der Waals surface area contributed by atoms with Crippen LogP contribution in [0.25, 0.3) is 0 Å². The molecule has 2 atom stereocenters. The van der Waals surface area contributed by atoms with E-state index in [1.807, 2.05) is 0 Å². The number of nitrogens with one attached hydrogen (secondary N) is 1. The largest absolute Gasteiger partial charge is 0.366 e. The van der Waals surface area contributed by atoms with Gasteiger partial charge in [0.1, 0.15) is 11.5 Å². The number of ether oxygens (including phenoxy) is 1. The minimum Gasteiger partial charge on any atom is -0.366 e. The minimum absolute atomic E-state index is 0.0512. The van der Waals surface area contributed by atoms with Crippen molar-refractivity contribution in [3.8, 4) is 0 Å². The van der Waals surface area contributed by atoms with Crippen LogP contribution in [0.1, 0.15) is 18.5 Å². The molecule has 0 spiro atoms. The normalized spacial score (nSPS) is 27.1. The number of aromatic nitrogens is 2. The number of aryl methyl sites for hydroxylation is 2. The van der Waals surface area contributed by atoms with Crippen molar-refractivity contribution in [3.05, 3.63) is 11.9 Å². The Morgan fingerprint density at radius 2 is 2.09 bits per heavy atom. The minimum atomic E-state index is -3.57. The zero-order chi connectivity index (χ0) is 15.9. The van der Waals surface area contributed by atoms with Crippen LogP contribution < -0.4 is 5.32 Å². The van der Waals surface area contributed by atoms with E-state index in [4.69, 9.17) is 4.74 Å². The molecule has 0 saturated carbocycles. The summed E-state index contributed by atoms with van der Waals surface area (Å²) >= 11 is 0. The van der Waals surface area contributed by atoms with Gasteiger partial charge in [-0.2, -0.15) is 9.40 Å². The van der Waals surface area contributed by atoms with Crippen molar-refractivity contribution >= 4 is 15.9 Å². The first-order chi connectivity index (χ1) is 10.4. The standard InChI is InChI=1S/C13H20N4O4S/c1-9-12(7-16(2)15-9)22(19,20)17-5-3-10-11(4-6-17)21-8-13(18)14-10/h7,10-11H,3-6,8H2,1-2H3,(H,14,18)/t10-,11-/m0/s1. The number of carbonyl (C=O) groups excluding carboxylic acids is 1. The van der Waals surface area contributed by atoms with Gasteiger partial charge in [-0.3, -0.25) is 9.48 Å². The first-order valence-corrected chi connectivity index (χ1v) is 8.73. The van der Waals surface area contributed by atoms with Crippen LogP contribution in [0.5, 0.6) is 0 Å². The van der Waals surface area contributed by atoms with E-state index >= 15 is 0 Å². The van der Waals surface area contributed by atoms with E-state index < -0.39 is 10.0 Å². The molecule has 2 fully saturated rings. The molecule has 1 N–H and O–H groups in total. The number of fused-ring (bicyclic) bond motifs is 1. The van der Waals surface area contributed by atoms with Gasteiger partial charge in [-0.1, -0.05) is 0 Å². The molecule has 0 aromatic carbocycles. The van der Waals surface area contributed by atoms with Crippen molar-refractivity contribution in [1.29, 1.82) is 0 Å². The van der Waals surface area contributed by atoms with Crippen molar-refractivity contribution in [1.82, 2.24) is 19.4 Å². The highest BCUT2D eigenvalue weighted by molar-refractivity contribution is 7.89. The van der Waals surface area contributed by atoms with Gasteiger partial charge in [0.15, 0.2) is 0 Å². The Bertz CT molecular complexity index is 684. The van der Waals surface area contributed by atoms with E-state index in [1.165, 1.54) is 15.2 Å². The van der Waals surface area contributed by atoms with Gasteiger partial charge >= 0.3 is 0 Å². The third-order valence-corrected chi connectivity index (χ3v) is 6.16. The van der Waals surface area contributed by atoms with Crippen molar-refractivity contribution in [2.75, 3.05) is 19.7 Å². The SMILES string of the molecule is Cc1nn(C)cc1S(=O)(=O)N1CC[C@@H]2NC(=O)CO[C@H]2CC1. The molecule has 22 heavy (non-hydrogen) atoms. The van der Waals surface area contributed by atoms with Gasteiger partial charge in [-0.05, 0) is 19.8 Å². The van der Waals surface area contributed by atoms with Crippen LogP contribution >= 0.6 is 0 Å². The van der Waals surface area contributed by atoms with Crippen molar-refractivity contribution in [2.24, 2.45) is 7.05 Å². The predicted molar refractivity (Wildman–Crippen MR) is 77.6 cm³/mol. The molecule has 8 nitrogen and oxygen atoms in total. The van der Waals surface area contributed by atoms with Crippen LogP contribution in [0.15, 0.2) is 11.1 Å². The smallest absolute Gasteiger partial charge is 0.246 e. The van der Waals surface area contributed by atoms with Gasteiger partial charge in [0.05, 0.1) is 17.8 Å². The molecule has 0 unspecified atom stereocenters. The molecule has 122 valence electrons. The van der Waals surface area contributed by atoms with Crippen LogP contribution in [-0.4, -0.2) is 60.3 Å². The Balaban J connectivity index is 1.81. The molecule has 2 aliphatic rings. The first-order valence-electron chi connectivity index (χ1n) is 7.29. The number of hydrogen-bond donors (Lipinski definition) is 1. The average molecular weight is 328 g/mol. The Kier molecular flexibility index (Phi) is 3.96. The second-order valence-corrected chi connectivity index (χ2v) is 7.66. The zero-order valence-corrected chi connectivity index (χ0v) is 13.5. The topological polar surface area (TPSA) is 93.5 Å². The van der Waals surface area contributed by atoms with Gasteiger partial charge in [-0.25, -0.2) is 8.42 Å². The summed E-state index contributed by atoms with van der Waals surface area (Å²) < 4.78 is 34.1. The van der Waals surface area contributed by atoms with Crippen molar-refractivity contribution in [2.45, 2.75) is 36.8 Å². The molecule has 2 aliphatic heterocycles. The lowest BCUT2D eigenvalue weighted by atomic mass is 10.0. The second kappa shape index (κ2) is 5.64. The molecule has 0 aliphatic carbocycles. The van der Waals surface area contributed by atoms with Crippen molar-refractivity contribution in [3.63, 3.8) is 0 Å². The van der Waals surface area contributed by atoms with E-state index in [2.05, 4.69) is 10.4 Å². The van der Waals surface area contributed by atoms with E-state index in [9.17, 15) is 13.2 Å². The van der Waals surface area contributed by atoms with Gasteiger partial charge in [0, 0.05) is 26.3 Å². The summed E-state index contributed by atoms with van der Waals surface area (Å²) in [7, 11) is -1.87. The summed E-state index contributed by atoms with van der Waals surface area (Å²) in [5.74, 6) is -0.138. The highest BCUT2D eigenvalue weighted by Crippen LogP contribution is 2.24. The third kappa shape index (κ3) is 2.75. The summed E-state index contributed by atoms with van der Waals surface area (Å²) in [5, 5.41) is 6.99. The maximum absolute atomic E-state index is 12.8. The number of nitrogens with zero attached hydrogens (tertiary/aromatic N) is 3. The van der Waals surface area contributed by atoms with Gasteiger partial charge in [0.2, 0.25) is 15.9 Å². The highest BCUT2D eigenvalue weighted by atomic mass is 32.2.